The summed E-state index contributed by atoms with van der Waals surface area (Å²) in [6, 6.07) is 5.58. The number of carbonyl (C=O) groups excluding carboxylic acids is 1. The van der Waals surface area contributed by atoms with Crippen LogP contribution in [0.2, 0.25) is 0 Å². The molecule has 1 atom stereocenters. The van der Waals surface area contributed by atoms with Crippen LogP contribution in [0.1, 0.15) is 37.7 Å². The molecule has 1 aromatic rings. The quantitative estimate of drug-likeness (QED) is 0.810. The van der Waals surface area contributed by atoms with Gasteiger partial charge in [-0.2, -0.15) is 0 Å². The van der Waals surface area contributed by atoms with Crippen LogP contribution in [0.15, 0.2) is 18.2 Å². The van der Waals surface area contributed by atoms with E-state index in [4.69, 9.17) is 9.84 Å². The summed E-state index contributed by atoms with van der Waals surface area (Å²) in [5.41, 5.74) is 1.24. The van der Waals surface area contributed by atoms with Crippen molar-refractivity contribution in [1.29, 1.82) is 0 Å². The lowest BCUT2D eigenvalue weighted by Crippen LogP contribution is -2.54. The first-order valence-electron chi connectivity index (χ1n) is 9.52. The highest BCUT2D eigenvalue weighted by molar-refractivity contribution is 5.77. The van der Waals surface area contributed by atoms with E-state index in [1.807, 2.05) is 11.0 Å². The number of nitrogens with zero attached hydrogens (tertiary/aromatic N) is 2. The lowest BCUT2D eigenvalue weighted by molar-refractivity contribution is -0.139. The smallest absolute Gasteiger partial charge is 0.222 e. The molecular formula is C20H30N2O4. The Morgan fingerprint density at radius 3 is 2.85 bits per heavy atom. The minimum absolute atomic E-state index is 0.129. The first kappa shape index (κ1) is 19.0. The van der Waals surface area contributed by atoms with E-state index < -0.39 is 0 Å². The van der Waals surface area contributed by atoms with Crippen LogP contribution in [0.5, 0.6) is 11.5 Å². The number of amides is 1. The van der Waals surface area contributed by atoms with Crippen LogP contribution in [0, 0.1) is 5.41 Å². The Labute approximate surface area is 155 Å². The monoisotopic (exact) mass is 362 g/mol. The van der Waals surface area contributed by atoms with E-state index in [0.29, 0.717) is 25.1 Å². The predicted molar refractivity (Wildman–Crippen MR) is 99.1 cm³/mol. The van der Waals surface area contributed by atoms with Gasteiger partial charge >= 0.3 is 0 Å². The van der Waals surface area contributed by atoms with Crippen molar-refractivity contribution in [1.82, 2.24) is 9.80 Å². The Kier molecular flexibility index (Phi) is 6.04. The number of piperidine rings is 2. The van der Waals surface area contributed by atoms with Gasteiger partial charge in [-0.05, 0) is 49.9 Å². The molecule has 6 heteroatoms. The number of benzene rings is 1. The number of rotatable bonds is 6. The second-order valence-electron chi connectivity index (χ2n) is 7.71. The molecule has 2 fully saturated rings. The SMILES string of the molecule is COc1ccc(CN2CCC[C@]3(CCC(=O)N(CCCO)C3)C2)cc1O. The van der Waals surface area contributed by atoms with Gasteiger partial charge in [-0.3, -0.25) is 9.69 Å². The standard InChI is InChI=1S/C20H30N2O4/c1-26-18-5-4-16(12-17(18)24)13-21-9-2-7-20(14-21)8-6-19(25)22(15-20)10-3-11-23/h4-5,12,23-24H,2-3,6-11,13-15H2,1H3/t20-/m0/s1. The number of aromatic hydroxyl groups is 1. The van der Waals surface area contributed by atoms with E-state index in [9.17, 15) is 9.90 Å². The van der Waals surface area contributed by atoms with Crippen molar-refractivity contribution < 1.29 is 19.7 Å². The number of hydrogen-bond donors (Lipinski definition) is 2. The van der Waals surface area contributed by atoms with E-state index in [1.54, 1.807) is 19.2 Å². The third-order valence-electron chi connectivity index (χ3n) is 5.72. The molecule has 2 aliphatic heterocycles. The second-order valence-corrected chi connectivity index (χ2v) is 7.71. The number of aliphatic hydroxyl groups excluding tert-OH is 1. The zero-order valence-electron chi connectivity index (χ0n) is 15.6. The largest absolute Gasteiger partial charge is 0.504 e. The predicted octanol–water partition coefficient (Wildman–Crippen LogP) is 1.99. The number of aliphatic hydroxyl groups is 1. The van der Waals surface area contributed by atoms with Gasteiger partial charge in [0.25, 0.3) is 0 Å². The molecule has 1 amide bonds. The summed E-state index contributed by atoms with van der Waals surface area (Å²) in [6.45, 7) is 4.40. The molecule has 144 valence electrons. The van der Waals surface area contributed by atoms with Crippen molar-refractivity contribution in [3.05, 3.63) is 23.8 Å². The zero-order valence-corrected chi connectivity index (χ0v) is 15.6. The van der Waals surface area contributed by atoms with Gasteiger partial charge in [0.1, 0.15) is 0 Å². The number of phenolic OH excluding ortho intramolecular Hbond substituents is 1. The number of methoxy groups -OCH3 is 1. The molecule has 0 saturated carbocycles. The Morgan fingerprint density at radius 1 is 1.27 bits per heavy atom. The molecule has 0 unspecified atom stereocenters. The highest BCUT2D eigenvalue weighted by Gasteiger charge is 2.41. The molecule has 2 aliphatic rings. The van der Waals surface area contributed by atoms with Gasteiger partial charge in [0.15, 0.2) is 11.5 Å². The topological polar surface area (TPSA) is 73.2 Å². The molecule has 2 N–H and O–H groups in total. The third kappa shape index (κ3) is 4.30. The lowest BCUT2D eigenvalue weighted by Gasteiger charge is -2.48. The van der Waals surface area contributed by atoms with Gasteiger partial charge in [0, 0.05) is 44.6 Å². The maximum absolute atomic E-state index is 12.2. The molecule has 26 heavy (non-hydrogen) atoms. The average Bonchev–Trinajstić information content (AvgIpc) is 2.63. The first-order valence-corrected chi connectivity index (χ1v) is 9.52. The highest BCUT2D eigenvalue weighted by atomic mass is 16.5. The number of hydrogen-bond acceptors (Lipinski definition) is 5. The first-order chi connectivity index (χ1) is 12.5. The maximum atomic E-state index is 12.2. The second kappa shape index (κ2) is 8.27. The van der Waals surface area contributed by atoms with Crippen LogP contribution in [0.4, 0.5) is 0 Å². The number of ether oxygens (including phenoxy) is 1. The van der Waals surface area contributed by atoms with E-state index in [2.05, 4.69) is 4.90 Å². The summed E-state index contributed by atoms with van der Waals surface area (Å²) in [7, 11) is 1.55. The molecular weight excluding hydrogens is 332 g/mol. The summed E-state index contributed by atoms with van der Waals surface area (Å²) in [5.74, 6) is 0.894. The number of phenols is 1. The molecule has 6 nitrogen and oxygen atoms in total. The fourth-order valence-corrected chi connectivity index (χ4v) is 4.44. The molecule has 0 bridgehead atoms. The molecule has 0 aromatic heterocycles. The summed E-state index contributed by atoms with van der Waals surface area (Å²) < 4.78 is 5.12. The summed E-state index contributed by atoms with van der Waals surface area (Å²) >= 11 is 0. The van der Waals surface area contributed by atoms with Crippen molar-refractivity contribution in [2.24, 2.45) is 5.41 Å². The van der Waals surface area contributed by atoms with Crippen molar-refractivity contribution >= 4 is 5.91 Å². The summed E-state index contributed by atoms with van der Waals surface area (Å²) in [6.07, 6.45) is 4.50. The number of likely N-dealkylation sites (tertiary alicyclic amines) is 2. The minimum atomic E-state index is 0.129. The summed E-state index contributed by atoms with van der Waals surface area (Å²) in [5, 5.41) is 19.1. The Morgan fingerprint density at radius 2 is 2.12 bits per heavy atom. The van der Waals surface area contributed by atoms with Gasteiger partial charge in [0.2, 0.25) is 5.91 Å². The van der Waals surface area contributed by atoms with Crippen LogP contribution in [0.25, 0.3) is 0 Å². The Balaban J connectivity index is 1.65. The van der Waals surface area contributed by atoms with Gasteiger partial charge in [0.05, 0.1) is 7.11 Å². The van der Waals surface area contributed by atoms with Gasteiger partial charge in [-0.15, -0.1) is 0 Å². The van der Waals surface area contributed by atoms with E-state index in [-0.39, 0.29) is 23.7 Å². The maximum Gasteiger partial charge on any atom is 0.222 e. The van der Waals surface area contributed by atoms with Crippen LogP contribution in [-0.2, 0) is 11.3 Å². The lowest BCUT2D eigenvalue weighted by atomic mass is 9.73. The van der Waals surface area contributed by atoms with Crippen molar-refractivity contribution in [2.75, 3.05) is 39.9 Å². The van der Waals surface area contributed by atoms with Crippen LogP contribution in [0.3, 0.4) is 0 Å². The Bertz CT molecular complexity index is 636. The molecule has 0 radical (unpaired) electrons. The summed E-state index contributed by atoms with van der Waals surface area (Å²) in [4.78, 5) is 16.6. The zero-order chi connectivity index (χ0) is 18.6. The van der Waals surface area contributed by atoms with Crippen molar-refractivity contribution in [3.8, 4) is 11.5 Å². The fraction of sp³-hybridized carbons (Fsp3) is 0.650. The van der Waals surface area contributed by atoms with Crippen LogP contribution in [-0.4, -0.2) is 65.8 Å². The van der Waals surface area contributed by atoms with E-state index in [0.717, 1.165) is 51.0 Å². The van der Waals surface area contributed by atoms with Crippen molar-refractivity contribution in [3.63, 3.8) is 0 Å². The molecule has 2 saturated heterocycles. The van der Waals surface area contributed by atoms with E-state index >= 15 is 0 Å². The van der Waals surface area contributed by atoms with Crippen LogP contribution < -0.4 is 4.74 Å². The molecule has 3 rings (SSSR count). The molecule has 1 spiro atoms. The highest BCUT2D eigenvalue weighted by Crippen LogP contribution is 2.39. The van der Waals surface area contributed by atoms with Crippen molar-refractivity contribution in [2.45, 2.75) is 38.6 Å². The van der Waals surface area contributed by atoms with Crippen LogP contribution >= 0.6 is 0 Å². The average molecular weight is 362 g/mol. The van der Waals surface area contributed by atoms with Gasteiger partial charge in [-0.1, -0.05) is 6.07 Å². The fourth-order valence-electron chi connectivity index (χ4n) is 4.44. The number of carbonyl (C=O) groups is 1. The minimum Gasteiger partial charge on any atom is -0.504 e. The molecule has 0 aliphatic carbocycles. The van der Waals surface area contributed by atoms with E-state index in [1.165, 1.54) is 0 Å². The van der Waals surface area contributed by atoms with Gasteiger partial charge in [-0.25, -0.2) is 0 Å². The third-order valence-corrected chi connectivity index (χ3v) is 5.72. The molecule has 2 heterocycles. The van der Waals surface area contributed by atoms with Gasteiger partial charge < -0.3 is 19.8 Å². The normalized spacial score (nSPS) is 24.2. The Hall–Kier alpha value is -1.79. The molecule has 1 aromatic carbocycles.